The van der Waals surface area contributed by atoms with Gasteiger partial charge in [0.25, 0.3) is 0 Å². The third-order valence-electron chi connectivity index (χ3n) is 5.83. The third-order valence-corrected chi connectivity index (χ3v) is 5.83. The predicted molar refractivity (Wildman–Crippen MR) is 65.3 cm³/mol. The van der Waals surface area contributed by atoms with Crippen LogP contribution in [0.3, 0.4) is 0 Å². The van der Waals surface area contributed by atoms with Crippen molar-refractivity contribution in [2.75, 3.05) is 19.6 Å². The summed E-state index contributed by atoms with van der Waals surface area (Å²) in [5.41, 5.74) is 0. The maximum Gasteiger partial charge on any atom is 0.0226 e. The molecular weight excluding hydrogens is 196 g/mol. The lowest BCUT2D eigenvalue weighted by molar-refractivity contribution is 0.181. The maximum atomic E-state index is 3.80. The Morgan fingerprint density at radius 2 is 2.12 bits per heavy atom. The van der Waals surface area contributed by atoms with Crippen LogP contribution in [-0.4, -0.2) is 36.6 Å². The first kappa shape index (κ1) is 9.90. The van der Waals surface area contributed by atoms with Gasteiger partial charge in [-0.1, -0.05) is 6.42 Å². The lowest BCUT2D eigenvalue weighted by Crippen LogP contribution is -2.43. The second-order valence-electron chi connectivity index (χ2n) is 6.66. The Kier molecular flexibility index (Phi) is 2.29. The van der Waals surface area contributed by atoms with Gasteiger partial charge >= 0.3 is 0 Å². The molecule has 0 aromatic heterocycles. The Balaban J connectivity index is 1.40. The molecule has 2 aliphatic carbocycles. The molecule has 2 heteroatoms. The van der Waals surface area contributed by atoms with E-state index in [0.29, 0.717) is 0 Å². The number of hydrogen-bond donors (Lipinski definition) is 1. The van der Waals surface area contributed by atoms with Crippen LogP contribution in [0.2, 0.25) is 0 Å². The number of hydrogen-bond acceptors (Lipinski definition) is 2. The summed E-state index contributed by atoms with van der Waals surface area (Å²) < 4.78 is 0. The van der Waals surface area contributed by atoms with Crippen molar-refractivity contribution in [3.8, 4) is 0 Å². The molecule has 2 nitrogen and oxygen atoms in total. The van der Waals surface area contributed by atoms with Crippen LogP contribution in [0.4, 0.5) is 0 Å². The summed E-state index contributed by atoms with van der Waals surface area (Å²) in [5, 5.41) is 3.80. The van der Waals surface area contributed by atoms with E-state index in [1.807, 2.05) is 0 Å². The first-order valence-corrected chi connectivity index (χ1v) is 7.37. The van der Waals surface area contributed by atoms with Gasteiger partial charge in [-0.2, -0.15) is 0 Å². The molecule has 0 radical (unpaired) electrons. The van der Waals surface area contributed by atoms with Crippen LogP contribution in [0.15, 0.2) is 0 Å². The van der Waals surface area contributed by atoms with Gasteiger partial charge in [0.15, 0.2) is 0 Å². The largest absolute Gasteiger partial charge is 0.312 e. The zero-order chi connectivity index (χ0) is 10.5. The minimum absolute atomic E-state index is 0.840. The summed E-state index contributed by atoms with van der Waals surface area (Å²) in [4.78, 5) is 2.81. The van der Waals surface area contributed by atoms with Crippen molar-refractivity contribution >= 4 is 0 Å². The number of nitrogens with zero attached hydrogens (tertiary/aromatic N) is 1. The molecule has 5 unspecified atom stereocenters. The second kappa shape index (κ2) is 3.71. The highest BCUT2D eigenvalue weighted by molar-refractivity contribution is 4.99. The fourth-order valence-electron chi connectivity index (χ4n) is 5.01. The number of nitrogens with one attached hydrogen (secondary N) is 1. The number of rotatable bonds is 2. The van der Waals surface area contributed by atoms with Crippen molar-refractivity contribution in [1.82, 2.24) is 10.2 Å². The van der Waals surface area contributed by atoms with E-state index in [1.54, 1.807) is 0 Å². The van der Waals surface area contributed by atoms with Crippen molar-refractivity contribution in [3.05, 3.63) is 0 Å². The van der Waals surface area contributed by atoms with Crippen LogP contribution in [0.5, 0.6) is 0 Å². The molecule has 2 saturated carbocycles. The van der Waals surface area contributed by atoms with E-state index >= 15 is 0 Å². The van der Waals surface area contributed by atoms with Crippen LogP contribution in [-0.2, 0) is 0 Å². The maximum absolute atomic E-state index is 3.80. The molecule has 90 valence electrons. The average Bonchev–Trinajstić information content (AvgIpc) is 2.98. The van der Waals surface area contributed by atoms with E-state index in [9.17, 15) is 0 Å². The van der Waals surface area contributed by atoms with Gasteiger partial charge in [-0.15, -0.1) is 0 Å². The van der Waals surface area contributed by atoms with Gasteiger partial charge in [-0.05, 0) is 56.4 Å². The summed E-state index contributed by atoms with van der Waals surface area (Å²) in [7, 11) is 0. The molecule has 2 aliphatic heterocycles. The second-order valence-corrected chi connectivity index (χ2v) is 6.66. The van der Waals surface area contributed by atoms with Crippen LogP contribution >= 0.6 is 0 Å². The number of likely N-dealkylation sites (tertiary alicyclic amines) is 1. The Labute approximate surface area is 98.8 Å². The van der Waals surface area contributed by atoms with Gasteiger partial charge in [0.05, 0.1) is 0 Å². The summed E-state index contributed by atoms with van der Waals surface area (Å²) in [6, 6.07) is 1.80. The standard InChI is InChI=1S/C14H24N2/c1-2-11-7-15-14(13(11)3-1)9-16-8-10-4-5-12(16)6-10/h10-15H,1-9H2. The molecule has 0 aromatic rings. The summed E-state index contributed by atoms with van der Waals surface area (Å²) in [6.07, 6.45) is 9.03. The fraction of sp³-hybridized carbons (Fsp3) is 1.00. The van der Waals surface area contributed by atoms with E-state index in [1.165, 1.54) is 58.2 Å². The van der Waals surface area contributed by atoms with E-state index < -0.39 is 0 Å². The van der Waals surface area contributed by atoms with E-state index in [-0.39, 0.29) is 0 Å². The Morgan fingerprint density at radius 3 is 2.94 bits per heavy atom. The predicted octanol–water partition coefficient (Wildman–Crippen LogP) is 1.86. The van der Waals surface area contributed by atoms with E-state index in [0.717, 1.165) is 29.8 Å². The molecule has 2 saturated heterocycles. The molecule has 4 fully saturated rings. The molecule has 2 heterocycles. The van der Waals surface area contributed by atoms with Crippen molar-refractivity contribution in [3.63, 3.8) is 0 Å². The van der Waals surface area contributed by atoms with Gasteiger partial charge in [0.1, 0.15) is 0 Å². The molecule has 1 N–H and O–H groups in total. The summed E-state index contributed by atoms with van der Waals surface area (Å²) in [5.74, 6) is 3.12. The highest BCUT2D eigenvalue weighted by Crippen LogP contribution is 2.41. The number of piperidine rings is 1. The van der Waals surface area contributed by atoms with Crippen molar-refractivity contribution < 1.29 is 0 Å². The van der Waals surface area contributed by atoms with E-state index in [4.69, 9.17) is 0 Å². The molecule has 0 amide bonds. The topological polar surface area (TPSA) is 15.3 Å². The van der Waals surface area contributed by atoms with Crippen LogP contribution in [0.1, 0.15) is 38.5 Å². The zero-order valence-corrected chi connectivity index (χ0v) is 10.2. The highest BCUT2D eigenvalue weighted by atomic mass is 15.2. The lowest BCUT2D eigenvalue weighted by atomic mass is 9.93. The lowest BCUT2D eigenvalue weighted by Gasteiger charge is -2.31. The van der Waals surface area contributed by atoms with Crippen LogP contribution in [0, 0.1) is 17.8 Å². The van der Waals surface area contributed by atoms with Crippen molar-refractivity contribution in [2.24, 2.45) is 17.8 Å². The molecule has 4 aliphatic rings. The minimum atomic E-state index is 0.840. The van der Waals surface area contributed by atoms with Crippen LogP contribution in [0.25, 0.3) is 0 Å². The monoisotopic (exact) mass is 220 g/mol. The minimum Gasteiger partial charge on any atom is -0.312 e. The molecule has 16 heavy (non-hydrogen) atoms. The molecule has 2 bridgehead atoms. The summed E-state index contributed by atoms with van der Waals surface area (Å²) >= 11 is 0. The normalized spacial score (nSPS) is 51.4. The zero-order valence-electron chi connectivity index (χ0n) is 10.2. The smallest absolute Gasteiger partial charge is 0.0226 e. The SMILES string of the molecule is C1CC2CNC(CN3CC4CCC3C4)C2C1. The van der Waals surface area contributed by atoms with Gasteiger partial charge in [0.2, 0.25) is 0 Å². The highest BCUT2D eigenvalue weighted by Gasteiger charge is 2.43. The molecule has 0 aromatic carbocycles. The average molecular weight is 220 g/mol. The first-order chi connectivity index (χ1) is 7.90. The Morgan fingerprint density at radius 1 is 1.12 bits per heavy atom. The Bertz CT molecular complexity index is 278. The van der Waals surface area contributed by atoms with Crippen molar-refractivity contribution in [1.29, 1.82) is 0 Å². The van der Waals surface area contributed by atoms with Gasteiger partial charge in [-0.25, -0.2) is 0 Å². The first-order valence-electron chi connectivity index (χ1n) is 7.37. The molecule has 0 spiro atoms. The molecule has 4 rings (SSSR count). The van der Waals surface area contributed by atoms with Gasteiger partial charge in [-0.3, -0.25) is 4.90 Å². The summed E-state index contributed by atoms with van der Waals surface area (Å²) in [6.45, 7) is 4.10. The van der Waals surface area contributed by atoms with E-state index in [2.05, 4.69) is 10.2 Å². The molecule has 5 atom stereocenters. The fourth-order valence-corrected chi connectivity index (χ4v) is 5.01. The Hall–Kier alpha value is -0.0800. The van der Waals surface area contributed by atoms with Crippen molar-refractivity contribution in [2.45, 2.75) is 50.6 Å². The number of fused-ring (bicyclic) bond motifs is 3. The van der Waals surface area contributed by atoms with Crippen LogP contribution < -0.4 is 5.32 Å². The van der Waals surface area contributed by atoms with Gasteiger partial charge in [0, 0.05) is 25.2 Å². The third kappa shape index (κ3) is 1.46. The quantitative estimate of drug-likeness (QED) is 0.764. The van der Waals surface area contributed by atoms with Gasteiger partial charge < -0.3 is 5.32 Å². The molecular formula is C14H24N2.